The van der Waals surface area contributed by atoms with Crippen LogP contribution in [0, 0.1) is 0 Å². The number of aromatic hydroxyl groups is 3. The van der Waals surface area contributed by atoms with E-state index in [4.69, 9.17) is 23.2 Å². The van der Waals surface area contributed by atoms with Crippen LogP contribution in [0.25, 0.3) is 0 Å². The number of carbonyl (C=O) groups is 4. The van der Waals surface area contributed by atoms with Gasteiger partial charge in [-0.25, -0.2) is 4.79 Å². The third kappa shape index (κ3) is 7.76. The molecule has 1 atom stereocenters. The van der Waals surface area contributed by atoms with Gasteiger partial charge in [0.2, 0.25) is 0 Å². The standard InChI is InChI=1S/C26H23Cl2N3O8/c1-39-26(38)21(12-30-23(35)14-6-17(33)10-18(34)7-14)31-25(37)22-19(27)8-15(9-20(22)28)24(36)29-11-13-3-2-4-16(32)5-13/h2-10,21,32-34H,11-12H2,1H3,(H,29,36)(H,30,35)(H,31,37)/t21-/m0/s1. The fourth-order valence-corrected chi connectivity index (χ4v) is 4.12. The van der Waals surface area contributed by atoms with Gasteiger partial charge in [0.15, 0.2) is 0 Å². The van der Waals surface area contributed by atoms with Crippen molar-refractivity contribution in [2.24, 2.45) is 0 Å². The third-order valence-electron chi connectivity index (χ3n) is 5.32. The molecule has 13 heteroatoms. The number of carbonyl (C=O) groups excluding carboxylic acids is 4. The lowest BCUT2D eigenvalue weighted by Gasteiger charge is -2.18. The molecule has 0 unspecified atom stereocenters. The van der Waals surface area contributed by atoms with Crippen LogP contribution in [0.5, 0.6) is 17.2 Å². The summed E-state index contributed by atoms with van der Waals surface area (Å²) in [6.45, 7) is -0.308. The van der Waals surface area contributed by atoms with Gasteiger partial charge in [-0.05, 0) is 42.0 Å². The maximum atomic E-state index is 13.0. The van der Waals surface area contributed by atoms with E-state index in [0.717, 1.165) is 25.3 Å². The number of phenolic OH excluding ortho intramolecular Hbond substituents is 3. The zero-order valence-corrected chi connectivity index (χ0v) is 21.8. The van der Waals surface area contributed by atoms with Crippen molar-refractivity contribution in [1.29, 1.82) is 0 Å². The van der Waals surface area contributed by atoms with E-state index < -0.39 is 36.3 Å². The van der Waals surface area contributed by atoms with Crippen molar-refractivity contribution in [2.45, 2.75) is 12.6 Å². The van der Waals surface area contributed by atoms with Crippen molar-refractivity contribution in [2.75, 3.05) is 13.7 Å². The van der Waals surface area contributed by atoms with Gasteiger partial charge in [-0.2, -0.15) is 0 Å². The Morgan fingerprint density at radius 2 is 1.38 bits per heavy atom. The molecule has 0 saturated carbocycles. The zero-order valence-electron chi connectivity index (χ0n) is 20.3. The molecule has 3 amide bonds. The lowest BCUT2D eigenvalue weighted by molar-refractivity contribution is -0.142. The maximum absolute atomic E-state index is 13.0. The molecule has 0 saturated heterocycles. The third-order valence-corrected chi connectivity index (χ3v) is 5.91. The van der Waals surface area contributed by atoms with Crippen molar-refractivity contribution in [1.82, 2.24) is 16.0 Å². The normalized spacial score (nSPS) is 11.3. The van der Waals surface area contributed by atoms with E-state index in [-0.39, 0.29) is 50.5 Å². The van der Waals surface area contributed by atoms with E-state index in [1.807, 2.05) is 0 Å². The van der Waals surface area contributed by atoms with Crippen molar-refractivity contribution in [3.05, 3.63) is 86.9 Å². The minimum Gasteiger partial charge on any atom is -0.508 e. The number of esters is 1. The van der Waals surface area contributed by atoms with Gasteiger partial charge in [0.05, 0.1) is 22.7 Å². The number of benzene rings is 3. The number of hydrogen-bond donors (Lipinski definition) is 6. The van der Waals surface area contributed by atoms with E-state index in [2.05, 4.69) is 20.7 Å². The Kier molecular flexibility index (Phi) is 9.58. The molecular formula is C26H23Cl2N3O8. The van der Waals surface area contributed by atoms with Gasteiger partial charge in [0, 0.05) is 30.3 Å². The number of halogens is 2. The molecule has 0 aliphatic rings. The summed E-state index contributed by atoms with van der Waals surface area (Å²) in [5.41, 5.74) is 0.402. The van der Waals surface area contributed by atoms with Crippen molar-refractivity contribution in [3.63, 3.8) is 0 Å². The summed E-state index contributed by atoms with van der Waals surface area (Å²) in [5, 5.41) is 35.7. The maximum Gasteiger partial charge on any atom is 0.330 e. The average Bonchev–Trinajstić information content (AvgIpc) is 2.88. The van der Waals surface area contributed by atoms with Crippen LogP contribution in [0.2, 0.25) is 10.0 Å². The first-order valence-electron chi connectivity index (χ1n) is 11.2. The number of methoxy groups -OCH3 is 1. The van der Waals surface area contributed by atoms with Crippen LogP contribution in [0.15, 0.2) is 54.6 Å². The number of ether oxygens (including phenoxy) is 1. The smallest absolute Gasteiger partial charge is 0.330 e. The molecule has 11 nitrogen and oxygen atoms in total. The number of rotatable bonds is 9. The number of amides is 3. The van der Waals surface area contributed by atoms with Gasteiger partial charge >= 0.3 is 5.97 Å². The molecule has 39 heavy (non-hydrogen) atoms. The van der Waals surface area contributed by atoms with Gasteiger partial charge in [-0.3, -0.25) is 14.4 Å². The SMILES string of the molecule is COC(=O)[C@H](CNC(=O)c1cc(O)cc(O)c1)NC(=O)c1c(Cl)cc(C(=O)NCc2cccc(O)c2)cc1Cl. The van der Waals surface area contributed by atoms with Crippen LogP contribution < -0.4 is 16.0 Å². The molecule has 0 aliphatic heterocycles. The fourth-order valence-electron chi connectivity index (χ4n) is 3.46. The predicted molar refractivity (Wildman–Crippen MR) is 141 cm³/mol. The second-order valence-electron chi connectivity index (χ2n) is 8.16. The first kappa shape index (κ1) is 29.1. The van der Waals surface area contributed by atoms with E-state index in [0.29, 0.717) is 5.56 Å². The zero-order chi connectivity index (χ0) is 28.7. The Morgan fingerprint density at radius 1 is 0.795 bits per heavy atom. The Balaban J connectivity index is 1.70. The van der Waals surface area contributed by atoms with Gasteiger partial charge in [0.25, 0.3) is 17.7 Å². The molecule has 0 aliphatic carbocycles. The molecule has 0 radical (unpaired) electrons. The molecule has 0 fully saturated rings. The molecular weight excluding hydrogens is 553 g/mol. The van der Waals surface area contributed by atoms with E-state index >= 15 is 0 Å². The average molecular weight is 576 g/mol. The van der Waals surface area contributed by atoms with Gasteiger partial charge < -0.3 is 36.0 Å². The highest BCUT2D eigenvalue weighted by Crippen LogP contribution is 2.27. The van der Waals surface area contributed by atoms with Crippen molar-refractivity contribution < 1.29 is 39.2 Å². The van der Waals surface area contributed by atoms with E-state index in [1.165, 1.54) is 24.3 Å². The van der Waals surface area contributed by atoms with Crippen LogP contribution in [-0.2, 0) is 16.1 Å². The lowest BCUT2D eigenvalue weighted by Crippen LogP contribution is -2.49. The van der Waals surface area contributed by atoms with Crippen LogP contribution in [0.4, 0.5) is 0 Å². The summed E-state index contributed by atoms with van der Waals surface area (Å²) in [6.07, 6.45) is 0. The van der Waals surface area contributed by atoms with E-state index in [9.17, 15) is 34.5 Å². The summed E-state index contributed by atoms with van der Waals surface area (Å²) in [7, 11) is 1.08. The van der Waals surface area contributed by atoms with Crippen LogP contribution in [0.3, 0.4) is 0 Å². The van der Waals surface area contributed by atoms with Gasteiger partial charge in [-0.1, -0.05) is 35.3 Å². The molecule has 0 bridgehead atoms. The van der Waals surface area contributed by atoms with Gasteiger partial charge in [0.1, 0.15) is 23.3 Å². The molecule has 3 aromatic carbocycles. The Labute approximate surface area is 232 Å². The van der Waals surface area contributed by atoms with Crippen molar-refractivity contribution in [3.8, 4) is 17.2 Å². The highest BCUT2D eigenvalue weighted by molar-refractivity contribution is 6.40. The molecule has 0 heterocycles. The first-order chi connectivity index (χ1) is 18.5. The Hall–Kier alpha value is -4.48. The molecule has 0 spiro atoms. The molecule has 0 aromatic heterocycles. The first-order valence-corrected chi connectivity index (χ1v) is 12.0. The number of nitrogens with one attached hydrogen (secondary N) is 3. The molecule has 3 rings (SSSR count). The Morgan fingerprint density at radius 3 is 1.97 bits per heavy atom. The summed E-state index contributed by atoms with van der Waals surface area (Å²) >= 11 is 12.5. The Bertz CT molecular complexity index is 1390. The molecule has 3 aromatic rings. The highest BCUT2D eigenvalue weighted by atomic mass is 35.5. The largest absolute Gasteiger partial charge is 0.508 e. The predicted octanol–water partition coefficient (Wildman–Crippen LogP) is 2.74. The summed E-state index contributed by atoms with van der Waals surface area (Å²) < 4.78 is 4.69. The lowest BCUT2D eigenvalue weighted by atomic mass is 10.1. The molecule has 204 valence electrons. The highest BCUT2D eigenvalue weighted by Gasteiger charge is 2.26. The van der Waals surface area contributed by atoms with Gasteiger partial charge in [-0.15, -0.1) is 0 Å². The van der Waals surface area contributed by atoms with E-state index in [1.54, 1.807) is 12.1 Å². The fraction of sp³-hybridized carbons (Fsp3) is 0.154. The monoisotopic (exact) mass is 575 g/mol. The minimum atomic E-state index is -1.37. The summed E-state index contributed by atoms with van der Waals surface area (Å²) in [4.78, 5) is 50.2. The summed E-state index contributed by atoms with van der Waals surface area (Å²) in [6, 6.07) is 10.6. The van der Waals surface area contributed by atoms with Crippen molar-refractivity contribution >= 4 is 46.9 Å². The minimum absolute atomic E-state index is 0.0479. The number of hydrogen-bond acceptors (Lipinski definition) is 8. The van der Waals surface area contributed by atoms with Crippen LogP contribution >= 0.6 is 23.2 Å². The quantitative estimate of drug-likeness (QED) is 0.211. The second-order valence-corrected chi connectivity index (χ2v) is 8.98. The summed E-state index contributed by atoms with van der Waals surface area (Å²) in [5.74, 6) is -3.71. The number of phenols is 3. The van der Waals surface area contributed by atoms with Crippen LogP contribution in [-0.4, -0.2) is 58.7 Å². The molecule has 6 N–H and O–H groups in total. The second kappa shape index (κ2) is 12.9. The topological polar surface area (TPSA) is 174 Å². The van der Waals surface area contributed by atoms with Crippen LogP contribution in [0.1, 0.15) is 36.6 Å².